The van der Waals surface area contributed by atoms with Gasteiger partial charge in [-0.05, 0) is 41.3 Å². The number of nitrogens with zero attached hydrogens (tertiary/aromatic N) is 3. The Bertz CT molecular complexity index is 1210. The standard InChI is InChI=1S/C22H25ClN4O3S/c1-22(2,3)16-5-7-17(8-6-16)31(29,30)26-21-10-9-18(23)20(24-21)13-19(25-28)15-11-12-27(4)14-15/h5-12,14,28H,13H2,1-4H3,(H,24,26). The van der Waals surface area contributed by atoms with Crippen LogP contribution < -0.4 is 4.72 Å². The molecule has 0 aliphatic carbocycles. The third-order valence-electron chi connectivity index (χ3n) is 4.81. The quantitative estimate of drug-likeness (QED) is 0.319. The summed E-state index contributed by atoms with van der Waals surface area (Å²) in [6.07, 6.45) is 3.76. The van der Waals surface area contributed by atoms with Crippen molar-refractivity contribution in [2.24, 2.45) is 12.2 Å². The summed E-state index contributed by atoms with van der Waals surface area (Å²) in [5, 5.41) is 13.1. The summed E-state index contributed by atoms with van der Waals surface area (Å²) in [4.78, 5) is 4.48. The van der Waals surface area contributed by atoms with Gasteiger partial charge in [0.1, 0.15) is 5.82 Å². The van der Waals surface area contributed by atoms with Crippen molar-refractivity contribution in [1.29, 1.82) is 0 Å². The lowest BCUT2D eigenvalue weighted by Crippen LogP contribution is -2.16. The van der Waals surface area contributed by atoms with Crippen LogP contribution in [0.3, 0.4) is 0 Å². The first-order valence-electron chi connectivity index (χ1n) is 9.61. The molecule has 0 unspecified atom stereocenters. The second-order valence-electron chi connectivity index (χ2n) is 8.29. The number of oxime groups is 1. The van der Waals surface area contributed by atoms with E-state index >= 15 is 0 Å². The van der Waals surface area contributed by atoms with Gasteiger partial charge in [0, 0.05) is 31.4 Å². The highest BCUT2D eigenvalue weighted by Gasteiger charge is 2.19. The maximum Gasteiger partial charge on any atom is 0.263 e. The Balaban J connectivity index is 1.84. The Hall–Kier alpha value is -2.84. The summed E-state index contributed by atoms with van der Waals surface area (Å²) in [6.45, 7) is 6.19. The summed E-state index contributed by atoms with van der Waals surface area (Å²) < 4.78 is 29.9. The number of nitrogens with one attached hydrogen (secondary N) is 1. The number of halogens is 1. The fraction of sp³-hybridized carbons (Fsp3) is 0.273. The average molecular weight is 461 g/mol. The van der Waals surface area contributed by atoms with Gasteiger partial charge in [-0.3, -0.25) is 4.72 Å². The summed E-state index contributed by atoms with van der Waals surface area (Å²) >= 11 is 6.26. The van der Waals surface area contributed by atoms with Gasteiger partial charge in [0.05, 0.1) is 21.3 Å². The van der Waals surface area contributed by atoms with Crippen molar-refractivity contribution < 1.29 is 13.6 Å². The van der Waals surface area contributed by atoms with Crippen molar-refractivity contribution in [3.05, 3.63) is 76.7 Å². The number of rotatable bonds is 6. The molecule has 2 aromatic heterocycles. The lowest BCUT2D eigenvalue weighted by atomic mass is 9.87. The number of aromatic nitrogens is 2. The normalized spacial score (nSPS) is 12.7. The van der Waals surface area contributed by atoms with Gasteiger partial charge in [-0.15, -0.1) is 0 Å². The smallest absolute Gasteiger partial charge is 0.263 e. The third-order valence-corrected chi connectivity index (χ3v) is 6.52. The van der Waals surface area contributed by atoms with Crippen LogP contribution in [0, 0.1) is 0 Å². The molecule has 0 atom stereocenters. The molecule has 9 heteroatoms. The van der Waals surface area contributed by atoms with Gasteiger partial charge in [0.15, 0.2) is 0 Å². The maximum atomic E-state index is 12.8. The first-order chi connectivity index (χ1) is 14.5. The van der Waals surface area contributed by atoms with E-state index in [9.17, 15) is 13.6 Å². The number of pyridine rings is 1. The molecule has 0 saturated carbocycles. The highest BCUT2D eigenvalue weighted by Crippen LogP contribution is 2.25. The summed E-state index contributed by atoms with van der Waals surface area (Å²) in [7, 11) is -1.97. The molecule has 7 nitrogen and oxygen atoms in total. The summed E-state index contributed by atoms with van der Waals surface area (Å²) in [5.74, 6) is 0.129. The summed E-state index contributed by atoms with van der Waals surface area (Å²) in [5.41, 5.74) is 2.44. The minimum absolute atomic E-state index is 0.0763. The van der Waals surface area contributed by atoms with Crippen LogP contribution in [-0.2, 0) is 28.9 Å². The minimum Gasteiger partial charge on any atom is -0.411 e. The lowest BCUT2D eigenvalue weighted by molar-refractivity contribution is 0.318. The maximum absolute atomic E-state index is 12.8. The molecule has 0 aliphatic rings. The van der Waals surface area contributed by atoms with E-state index in [1.54, 1.807) is 42.6 Å². The third kappa shape index (κ3) is 5.45. The van der Waals surface area contributed by atoms with Gasteiger partial charge in [-0.1, -0.05) is 49.7 Å². The van der Waals surface area contributed by atoms with Crippen LogP contribution in [0.5, 0.6) is 0 Å². The van der Waals surface area contributed by atoms with E-state index in [1.165, 1.54) is 6.07 Å². The molecular weight excluding hydrogens is 436 g/mol. The second kappa shape index (κ2) is 8.72. The van der Waals surface area contributed by atoms with E-state index in [2.05, 4.69) is 35.6 Å². The van der Waals surface area contributed by atoms with Crippen LogP contribution in [0.15, 0.2) is 64.9 Å². The number of benzene rings is 1. The van der Waals surface area contributed by atoms with Crippen LogP contribution >= 0.6 is 11.6 Å². The number of aryl methyl sites for hydroxylation is 1. The van der Waals surface area contributed by atoms with E-state index < -0.39 is 10.0 Å². The van der Waals surface area contributed by atoms with Crippen molar-refractivity contribution in [1.82, 2.24) is 9.55 Å². The van der Waals surface area contributed by atoms with Crippen molar-refractivity contribution in [2.75, 3.05) is 4.72 Å². The molecule has 2 heterocycles. The van der Waals surface area contributed by atoms with Crippen LogP contribution in [0.1, 0.15) is 37.6 Å². The Morgan fingerprint density at radius 3 is 2.39 bits per heavy atom. The Labute approximate surface area is 187 Å². The second-order valence-corrected chi connectivity index (χ2v) is 10.4. The Morgan fingerprint density at radius 1 is 1.16 bits per heavy atom. The zero-order valence-corrected chi connectivity index (χ0v) is 19.4. The van der Waals surface area contributed by atoms with E-state index in [-0.39, 0.29) is 22.5 Å². The van der Waals surface area contributed by atoms with Gasteiger partial charge in [0.25, 0.3) is 10.0 Å². The number of hydrogen-bond donors (Lipinski definition) is 2. The molecule has 0 amide bonds. The predicted octanol–water partition coefficient (Wildman–Crippen LogP) is 4.59. The van der Waals surface area contributed by atoms with Crippen LogP contribution in [0.2, 0.25) is 5.02 Å². The molecule has 3 aromatic rings. The van der Waals surface area contributed by atoms with Crippen molar-refractivity contribution in [3.8, 4) is 0 Å². The highest BCUT2D eigenvalue weighted by atomic mass is 35.5. The van der Waals surface area contributed by atoms with Crippen molar-refractivity contribution in [2.45, 2.75) is 37.5 Å². The van der Waals surface area contributed by atoms with Gasteiger partial charge < -0.3 is 9.77 Å². The van der Waals surface area contributed by atoms with Gasteiger partial charge in [-0.25, -0.2) is 13.4 Å². The molecule has 2 N–H and O–H groups in total. The van der Waals surface area contributed by atoms with E-state index in [4.69, 9.17) is 11.6 Å². The monoisotopic (exact) mass is 460 g/mol. The Morgan fingerprint density at radius 2 is 1.84 bits per heavy atom. The molecule has 31 heavy (non-hydrogen) atoms. The zero-order chi connectivity index (χ0) is 22.8. The topological polar surface area (TPSA) is 96.6 Å². The largest absolute Gasteiger partial charge is 0.411 e. The zero-order valence-electron chi connectivity index (χ0n) is 17.8. The number of hydrogen-bond acceptors (Lipinski definition) is 5. The van der Waals surface area contributed by atoms with Crippen LogP contribution in [-0.4, -0.2) is 28.9 Å². The lowest BCUT2D eigenvalue weighted by Gasteiger charge is -2.19. The fourth-order valence-electron chi connectivity index (χ4n) is 3.02. The van der Waals surface area contributed by atoms with Crippen LogP contribution in [0.25, 0.3) is 0 Å². The first kappa shape index (κ1) is 22.8. The molecule has 0 aliphatic heterocycles. The van der Waals surface area contributed by atoms with E-state index in [1.807, 2.05) is 17.8 Å². The van der Waals surface area contributed by atoms with Crippen molar-refractivity contribution in [3.63, 3.8) is 0 Å². The molecule has 0 fully saturated rings. The highest BCUT2D eigenvalue weighted by molar-refractivity contribution is 7.92. The van der Waals surface area contributed by atoms with E-state index in [0.29, 0.717) is 22.0 Å². The molecule has 0 saturated heterocycles. The first-order valence-corrected chi connectivity index (χ1v) is 11.5. The van der Waals surface area contributed by atoms with Crippen LogP contribution in [0.4, 0.5) is 5.82 Å². The van der Waals surface area contributed by atoms with Crippen molar-refractivity contribution >= 4 is 33.2 Å². The molecule has 3 rings (SSSR count). The molecule has 0 bridgehead atoms. The Kier molecular flexibility index (Phi) is 6.43. The number of sulfonamides is 1. The van der Waals surface area contributed by atoms with Gasteiger partial charge in [-0.2, -0.15) is 0 Å². The molecular formula is C22H25ClN4O3S. The number of anilines is 1. The fourth-order valence-corrected chi connectivity index (χ4v) is 4.20. The minimum atomic E-state index is -3.83. The predicted molar refractivity (Wildman–Crippen MR) is 123 cm³/mol. The van der Waals surface area contributed by atoms with Gasteiger partial charge in [0.2, 0.25) is 0 Å². The molecule has 0 spiro atoms. The van der Waals surface area contributed by atoms with E-state index in [0.717, 1.165) is 5.56 Å². The van der Waals surface area contributed by atoms with Gasteiger partial charge >= 0.3 is 0 Å². The molecule has 164 valence electrons. The molecule has 1 aromatic carbocycles. The summed E-state index contributed by atoms with van der Waals surface area (Å²) in [6, 6.07) is 11.6. The average Bonchev–Trinajstić information content (AvgIpc) is 3.13. The molecule has 0 radical (unpaired) electrons. The SMILES string of the molecule is Cn1ccc(C(Cc2nc(NS(=O)(=O)c3ccc(C(C)(C)C)cc3)ccc2Cl)=NO)c1.